The molecule has 1 aromatic carbocycles. The van der Waals surface area contributed by atoms with Gasteiger partial charge < -0.3 is 29.0 Å². The molecule has 1 N–H and O–H groups in total. The summed E-state index contributed by atoms with van der Waals surface area (Å²) in [7, 11) is 4.22. The molecule has 1 aromatic rings. The van der Waals surface area contributed by atoms with Crippen LogP contribution in [-0.2, 0) is 19.8 Å². The van der Waals surface area contributed by atoms with Gasteiger partial charge in [0.15, 0.2) is 6.29 Å². The fourth-order valence-corrected chi connectivity index (χ4v) is 4.14. The van der Waals surface area contributed by atoms with Crippen molar-refractivity contribution in [3.8, 4) is 5.75 Å². The summed E-state index contributed by atoms with van der Waals surface area (Å²) < 4.78 is 66.2. The maximum Gasteiger partial charge on any atom is 0.424 e. The van der Waals surface area contributed by atoms with E-state index in [1.54, 1.807) is 20.2 Å². The zero-order chi connectivity index (χ0) is 25.7. The fraction of sp³-hybridized carbons (Fsp3) is 0.708. The van der Waals surface area contributed by atoms with Gasteiger partial charge in [-0.2, -0.15) is 13.2 Å². The van der Waals surface area contributed by atoms with E-state index in [0.717, 1.165) is 13.5 Å². The van der Waals surface area contributed by atoms with Gasteiger partial charge in [-0.15, -0.1) is 0 Å². The fourth-order valence-electron chi connectivity index (χ4n) is 4.14. The van der Waals surface area contributed by atoms with E-state index in [-0.39, 0.29) is 19.0 Å². The Morgan fingerprint density at radius 1 is 1.26 bits per heavy atom. The molecule has 1 fully saturated rings. The van der Waals surface area contributed by atoms with Crippen molar-refractivity contribution in [2.45, 2.75) is 64.7 Å². The van der Waals surface area contributed by atoms with E-state index >= 15 is 0 Å². The molecule has 2 atom stereocenters. The first-order chi connectivity index (χ1) is 15.9. The summed E-state index contributed by atoms with van der Waals surface area (Å²) in [6.07, 6.45) is -4.31. The van der Waals surface area contributed by atoms with Crippen LogP contribution in [0, 0.1) is 12.3 Å². The monoisotopic (exact) mass is 490 g/mol. The number of alkyl halides is 3. The van der Waals surface area contributed by atoms with E-state index in [4.69, 9.17) is 18.9 Å². The largest absolute Gasteiger partial charge is 0.496 e. The lowest BCUT2D eigenvalue weighted by molar-refractivity contribution is -0.338. The van der Waals surface area contributed by atoms with Gasteiger partial charge in [0.25, 0.3) is 0 Å². The lowest BCUT2D eigenvalue weighted by atomic mass is 9.72. The zero-order valence-electron chi connectivity index (χ0n) is 21.0. The highest BCUT2D eigenvalue weighted by Crippen LogP contribution is 2.52. The summed E-state index contributed by atoms with van der Waals surface area (Å²) in [4.78, 5) is 6.17. The van der Waals surface area contributed by atoms with Crippen molar-refractivity contribution in [3.63, 3.8) is 0 Å². The second-order valence-electron chi connectivity index (χ2n) is 9.03. The quantitative estimate of drug-likeness (QED) is 0.383. The molecule has 0 bridgehead atoms. The van der Waals surface area contributed by atoms with Gasteiger partial charge in [0, 0.05) is 37.7 Å². The van der Waals surface area contributed by atoms with Gasteiger partial charge in [0.2, 0.25) is 5.60 Å². The van der Waals surface area contributed by atoms with E-state index < -0.39 is 35.1 Å². The van der Waals surface area contributed by atoms with Crippen LogP contribution in [0.3, 0.4) is 0 Å². The second kappa shape index (κ2) is 11.2. The first-order valence-corrected chi connectivity index (χ1v) is 11.4. The van der Waals surface area contributed by atoms with Crippen molar-refractivity contribution in [3.05, 3.63) is 23.3 Å². The Bertz CT molecular complexity index is 841. The molecule has 7 nitrogen and oxygen atoms in total. The van der Waals surface area contributed by atoms with Crippen molar-refractivity contribution in [2.24, 2.45) is 10.4 Å². The van der Waals surface area contributed by atoms with E-state index in [0.29, 0.717) is 24.2 Å². The molecule has 1 aliphatic rings. The van der Waals surface area contributed by atoms with E-state index in [1.807, 2.05) is 25.8 Å². The molecule has 194 valence electrons. The minimum Gasteiger partial charge on any atom is -0.496 e. The molecule has 0 saturated carbocycles. The van der Waals surface area contributed by atoms with Gasteiger partial charge in [0.05, 0.1) is 32.3 Å². The highest BCUT2D eigenvalue weighted by atomic mass is 19.4. The van der Waals surface area contributed by atoms with Crippen LogP contribution in [0.15, 0.2) is 17.1 Å². The summed E-state index contributed by atoms with van der Waals surface area (Å²) in [6, 6.07) is 2.65. The van der Waals surface area contributed by atoms with E-state index in [9.17, 15) is 18.3 Å². The van der Waals surface area contributed by atoms with Gasteiger partial charge in [-0.05, 0) is 31.9 Å². The summed E-state index contributed by atoms with van der Waals surface area (Å²) in [5.41, 5.74) is -4.27. The van der Waals surface area contributed by atoms with Gasteiger partial charge in [0.1, 0.15) is 11.9 Å². The van der Waals surface area contributed by atoms with Crippen molar-refractivity contribution < 1.29 is 37.2 Å². The lowest BCUT2D eigenvalue weighted by Crippen LogP contribution is -2.62. The van der Waals surface area contributed by atoms with Crippen molar-refractivity contribution in [1.29, 1.82) is 0 Å². The number of nitrogens with zero attached hydrogens (tertiary/aromatic N) is 2. The highest BCUT2D eigenvalue weighted by Gasteiger charge is 2.66. The van der Waals surface area contributed by atoms with Crippen LogP contribution in [-0.4, -0.2) is 75.9 Å². The predicted molar refractivity (Wildman–Crippen MR) is 124 cm³/mol. The second-order valence-corrected chi connectivity index (χ2v) is 9.03. The molecule has 2 unspecified atom stereocenters. The lowest BCUT2D eigenvalue weighted by Gasteiger charge is -2.48. The minimum absolute atomic E-state index is 0.0679. The molecule has 1 aliphatic heterocycles. The summed E-state index contributed by atoms with van der Waals surface area (Å²) in [6.45, 7) is 7.67. The molecule has 0 radical (unpaired) electrons. The SMILES string of the molecule is CCCC1OCC(C)(C(OC)C(O)(c2cc(C)c(N=CN(C)CC)cc2OC)C(F)(F)F)CO1. The molecule has 1 heterocycles. The molecule has 2 rings (SSSR count). The normalized spacial score (nSPS) is 24.1. The third kappa shape index (κ3) is 5.67. The molecule has 0 amide bonds. The maximum atomic E-state index is 14.7. The number of aliphatic hydroxyl groups is 1. The molecule has 34 heavy (non-hydrogen) atoms. The maximum absolute atomic E-state index is 14.7. The number of halogens is 3. The first-order valence-electron chi connectivity index (χ1n) is 11.4. The summed E-state index contributed by atoms with van der Waals surface area (Å²) >= 11 is 0. The summed E-state index contributed by atoms with van der Waals surface area (Å²) in [5.74, 6) is -0.149. The number of ether oxygens (including phenoxy) is 4. The minimum atomic E-state index is -5.09. The van der Waals surface area contributed by atoms with Crippen LogP contribution in [0.1, 0.15) is 44.7 Å². The van der Waals surface area contributed by atoms with Crippen LogP contribution in [0.2, 0.25) is 0 Å². The Morgan fingerprint density at radius 2 is 1.88 bits per heavy atom. The average molecular weight is 491 g/mol. The van der Waals surface area contributed by atoms with Crippen LogP contribution >= 0.6 is 0 Å². The number of benzene rings is 1. The van der Waals surface area contributed by atoms with Crippen molar-refractivity contribution in [2.75, 3.05) is 41.0 Å². The third-order valence-electron chi connectivity index (χ3n) is 6.22. The first kappa shape index (κ1) is 28.4. The van der Waals surface area contributed by atoms with Crippen molar-refractivity contribution in [1.82, 2.24) is 4.90 Å². The number of aliphatic imine (C=N–C) groups is 1. The summed E-state index contributed by atoms with van der Waals surface area (Å²) in [5, 5.41) is 11.5. The Labute approximate surface area is 199 Å². The topological polar surface area (TPSA) is 72.8 Å². The molecule has 0 aliphatic carbocycles. The van der Waals surface area contributed by atoms with E-state index in [1.165, 1.54) is 19.2 Å². The Kier molecular flexibility index (Phi) is 9.37. The smallest absolute Gasteiger partial charge is 0.424 e. The Balaban J connectivity index is 2.59. The Hall–Kier alpha value is -1.88. The standard InChI is InChI=1S/C24H37F3N2O5/c1-8-10-20-33-13-22(4,14-34-20)21(32-7)23(30,24(25,26)27)17-11-16(3)18(12-19(17)31-6)28-15-29(5)9-2/h11-12,15,20-21,30H,8-10,13-14H2,1-7H3. The molecule has 0 aromatic heterocycles. The number of hydrogen-bond donors (Lipinski definition) is 1. The van der Waals surface area contributed by atoms with Gasteiger partial charge in [-0.1, -0.05) is 20.3 Å². The number of aryl methyl sites for hydroxylation is 1. The van der Waals surface area contributed by atoms with E-state index in [2.05, 4.69) is 4.99 Å². The molecule has 0 spiro atoms. The number of rotatable bonds is 10. The number of hydrogen-bond acceptors (Lipinski definition) is 6. The molecule has 10 heteroatoms. The van der Waals surface area contributed by atoms with Gasteiger partial charge >= 0.3 is 6.18 Å². The van der Waals surface area contributed by atoms with Crippen LogP contribution < -0.4 is 4.74 Å². The van der Waals surface area contributed by atoms with Crippen LogP contribution in [0.4, 0.5) is 18.9 Å². The van der Waals surface area contributed by atoms with Crippen molar-refractivity contribution >= 4 is 12.0 Å². The van der Waals surface area contributed by atoms with Crippen LogP contribution in [0.5, 0.6) is 5.75 Å². The average Bonchev–Trinajstić information content (AvgIpc) is 2.79. The Morgan fingerprint density at radius 3 is 2.35 bits per heavy atom. The van der Waals surface area contributed by atoms with Crippen LogP contribution in [0.25, 0.3) is 0 Å². The molecular formula is C24H37F3N2O5. The third-order valence-corrected chi connectivity index (χ3v) is 6.22. The number of methoxy groups -OCH3 is 2. The van der Waals surface area contributed by atoms with Gasteiger partial charge in [-0.3, -0.25) is 0 Å². The highest BCUT2D eigenvalue weighted by molar-refractivity contribution is 5.65. The van der Waals surface area contributed by atoms with Gasteiger partial charge in [-0.25, -0.2) is 4.99 Å². The predicted octanol–water partition coefficient (Wildman–Crippen LogP) is 4.56. The molecular weight excluding hydrogens is 453 g/mol. The molecule has 1 saturated heterocycles. The zero-order valence-corrected chi connectivity index (χ0v) is 21.0.